The number of hydrogen-bond acceptors (Lipinski definition) is 6. The van der Waals surface area contributed by atoms with E-state index in [2.05, 4.69) is 18.8 Å². The molecule has 156 valence electrons. The molecule has 0 radical (unpaired) electrons. The fraction of sp³-hybridized carbons (Fsp3) is 0.545. The summed E-state index contributed by atoms with van der Waals surface area (Å²) in [5, 5.41) is 0.801. The van der Waals surface area contributed by atoms with Crippen molar-refractivity contribution < 1.29 is 19.0 Å². The lowest BCUT2D eigenvalue weighted by Gasteiger charge is -2.57. The van der Waals surface area contributed by atoms with Gasteiger partial charge in [0.05, 0.1) is 26.0 Å². The molecule has 4 rings (SSSR count). The molecule has 1 aromatic carbocycles. The van der Waals surface area contributed by atoms with Gasteiger partial charge < -0.3 is 19.1 Å². The van der Waals surface area contributed by atoms with E-state index in [0.29, 0.717) is 22.3 Å². The summed E-state index contributed by atoms with van der Waals surface area (Å²) in [7, 11) is 5.14. The van der Waals surface area contributed by atoms with Gasteiger partial charge in [-0.05, 0) is 31.5 Å². The van der Waals surface area contributed by atoms with Crippen LogP contribution in [0.25, 0.3) is 10.6 Å². The van der Waals surface area contributed by atoms with Gasteiger partial charge in [0, 0.05) is 36.6 Å². The standard InChI is InChI=1S/C22H28N2O4S/c1-12-17(21(25)24(4)18-14-9-10-28-19(14)22(18,2)3)29-20(23-12)13-7-8-15(26-5)16(11-13)27-6/h7-8,11,14,18-19H,9-10H2,1-6H3. The van der Waals surface area contributed by atoms with Crippen molar-refractivity contribution in [1.29, 1.82) is 0 Å². The van der Waals surface area contributed by atoms with Crippen molar-refractivity contribution in [1.82, 2.24) is 9.88 Å². The summed E-state index contributed by atoms with van der Waals surface area (Å²) in [6, 6.07) is 5.88. The van der Waals surface area contributed by atoms with Crippen molar-refractivity contribution >= 4 is 17.2 Å². The minimum atomic E-state index is -0.0314. The zero-order chi connectivity index (χ0) is 20.9. The van der Waals surface area contributed by atoms with Gasteiger partial charge in [-0.2, -0.15) is 0 Å². The molecule has 0 N–H and O–H groups in total. The van der Waals surface area contributed by atoms with E-state index in [4.69, 9.17) is 14.2 Å². The minimum Gasteiger partial charge on any atom is -0.493 e. The topological polar surface area (TPSA) is 60.9 Å². The summed E-state index contributed by atoms with van der Waals surface area (Å²) >= 11 is 1.43. The molecule has 1 saturated heterocycles. The number of fused-ring (bicyclic) bond motifs is 1. The number of hydrogen-bond donors (Lipinski definition) is 0. The molecule has 0 spiro atoms. The van der Waals surface area contributed by atoms with E-state index in [1.807, 2.05) is 37.1 Å². The zero-order valence-electron chi connectivity index (χ0n) is 17.8. The first kappa shape index (κ1) is 20.2. The molecule has 1 amide bonds. The summed E-state index contributed by atoms with van der Waals surface area (Å²) in [5.74, 6) is 1.78. The van der Waals surface area contributed by atoms with E-state index >= 15 is 0 Å². The molecule has 6 nitrogen and oxygen atoms in total. The average Bonchev–Trinajstić information content (AvgIpc) is 3.32. The minimum absolute atomic E-state index is 0.0314. The third-order valence-electron chi connectivity index (χ3n) is 6.40. The number of aromatic nitrogens is 1. The lowest BCUT2D eigenvalue weighted by atomic mass is 9.57. The molecule has 1 aliphatic carbocycles. The summed E-state index contributed by atoms with van der Waals surface area (Å²) in [5.41, 5.74) is 1.63. The van der Waals surface area contributed by atoms with E-state index in [0.717, 1.165) is 29.3 Å². The van der Waals surface area contributed by atoms with E-state index < -0.39 is 0 Å². The van der Waals surface area contributed by atoms with Gasteiger partial charge in [-0.1, -0.05) is 13.8 Å². The molecule has 2 aliphatic rings. The smallest absolute Gasteiger partial charge is 0.265 e. The third kappa shape index (κ3) is 3.11. The van der Waals surface area contributed by atoms with Crippen LogP contribution in [0, 0.1) is 18.3 Å². The van der Waals surface area contributed by atoms with Crippen LogP contribution in [0.3, 0.4) is 0 Å². The molecule has 29 heavy (non-hydrogen) atoms. The Kier molecular flexibility index (Phi) is 5.07. The Bertz CT molecular complexity index is 939. The molecule has 1 aliphatic heterocycles. The first-order chi connectivity index (χ1) is 13.8. The predicted octanol–water partition coefficient (Wildman–Crippen LogP) is 4.02. The molecule has 2 fully saturated rings. The first-order valence-corrected chi connectivity index (χ1v) is 10.7. The maximum atomic E-state index is 13.4. The number of carbonyl (C=O) groups excluding carboxylic acids is 1. The normalized spacial score (nSPS) is 24.6. The van der Waals surface area contributed by atoms with Gasteiger partial charge in [0.2, 0.25) is 0 Å². The van der Waals surface area contributed by atoms with Crippen LogP contribution in [-0.4, -0.2) is 55.8 Å². The van der Waals surface area contributed by atoms with Gasteiger partial charge in [-0.3, -0.25) is 4.79 Å². The van der Waals surface area contributed by atoms with Crippen LogP contribution in [0.4, 0.5) is 0 Å². The van der Waals surface area contributed by atoms with Crippen molar-refractivity contribution in [2.45, 2.75) is 39.3 Å². The number of carbonyl (C=O) groups is 1. The number of rotatable bonds is 5. The van der Waals surface area contributed by atoms with Crippen molar-refractivity contribution in [3.8, 4) is 22.1 Å². The van der Waals surface area contributed by atoms with Crippen LogP contribution in [0.1, 0.15) is 35.6 Å². The monoisotopic (exact) mass is 416 g/mol. The largest absolute Gasteiger partial charge is 0.493 e. The number of ether oxygens (including phenoxy) is 3. The van der Waals surface area contributed by atoms with Gasteiger partial charge in [-0.25, -0.2) is 4.98 Å². The first-order valence-electron chi connectivity index (χ1n) is 9.88. The van der Waals surface area contributed by atoms with Crippen LogP contribution in [0.5, 0.6) is 11.5 Å². The molecular weight excluding hydrogens is 388 g/mol. The van der Waals surface area contributed by atoms with Crippen molar-refractivity contribution in [3.05, 3.63) is 28.8 Å². The van der Waals surface area contributed by atoms with Gasteiger partial charge in [-0.15, -0.1) is 11.3 Å². The predicted molar refractivity (Wildman–Crippen MR) is 113 cm³/mol. The van der Waals surface area contributed by atoms with Crippen LogP contribution in [-0.2, 0) is 4.74 Å². The summed E-state index contributed by atoms with van der Waals surface area (Å²) in [6.07, 6.45) is 1.28. The highest BCUT2D eigenvalue weighted by Crippen LogP contribution is 2.54. The molecule has 2 aromatic rings. The highest BCUT2D eigenvalue weighted by Gasteiger charge is 2.61. The number of benzene rings is 1. The number of nitrogens with zero attached hydrogens (tertiary/aromatic N) is 2. The average molecular weight is 417 g/mol. The fourth-order valence-corrected chi connectivity index (χ4v) is 6.10. The fourth-order valence-electron chi connectivity index (χ4n) is 5.06. The van der Waals surface area contributed by atoms with Crippen molar-refractivity contribution in [3.63, 3.8) is 0 Å². The second-order valence-electron chi connectivity index (χ2n) is 8.43. The van der Waals surface area contributed by atoms with Crippen LogP contribution < -0.4 is 9.47 Å². The van der Waals surface area contributed by atoms with Crippen molar-refractivity contribution in [2.75, 3.05) is 27.9 Å². The molecule has 3 unspecified atom stereocenters. The maximum Gasteiger partial charge on any atom is 0.265 e. The molecule has 7 heteroatoms. The van der Waals surface area contributed by atoms with E-state index in [1.54, 1.807) is 14.2 Å². The van der Waals surface area contributed by atoms with Crippen LogP contribution in [0.2, 0.25) is 0 Å². The van der Waals surface area contributed by atoms with Gasteiger partial charge >= 0.3 is 0 Å². The van der Waals surface area contributed by atoms with Crippen LogP contribution in [0.15, 0.2) is 18.2 Å². The summed E-state index contributed by atoms with van der Waals surface area (Å²) < 4.78 is 16.6. The number of thiazole rings is 1. The highest BCUT2D eigenvalue weighted by atomic mass is 32.1. The third-order valence-corrected chi connectivity index (χ3v) is 7.59. The number of methoxy groups -OCH3 is 2. The Balaban J connectivity index is 1.60. The highest BCUT2D eigenvalue weighted by molar-refractivity contribution is 7.17. The quantitative estimate of drug-likeness (QED) is 0.737. The SMILES string of the molecule is COc1ccc(-c2nc(C)c(C(=O)N(C)C3C4CCOC4C3(C)C)s2)cc1OC. The van der Waals surface area contributed by atoms with Crippen LogP contribution >= 0.6 is 11.3 Å². The van der Waals surface area contributed by atoms with Gasteiger partial charge in [0.1, 0.15) is 9.88 Å². The van der Waals surface area contributed by atoms with Gasteiger partial charge in [0.15, 0.2) is 11.5 Å². The second-order valence-corrected chi connectivity index (χ2v) is 9.43. The molecule has 2 heterocycles. The van der Waals surface area contributed by atoms with E-state index in [-0.39, 0.29) is 23.5 Å². The van der Waals surface area contributed by atoms with E-state index in [1.165, 1.54) is 11.3 Å². The molecular formula is C22H28N2O4S. The Morgan fingerprint density at radius 3 is 2.69 bits per heavy atom. The molecule has 1 saturated carbocycles. The summed E-state index contributed by atoms with van der Waals surface area (Å²) in [4.78, 5) is 20.6. The Hall–Kier alpha value is -2.12. The Labute approximate surface area is 175 Å². The summed E-state index contributed by atoms with van der Waals surface area (Å²) in [6.45, 7) is 7.08. The van der Waals surface area contributed by atoms with Gasteiger partial charge in [0.25, 0.3) is 5.91 Å². The van der Waals surface area contributed by atoms with E-state index in [9.17, 15) is 4.79 Å². The Morgan fingerprint density at radius 2 is 2.00 bits per heavy atom. The second kappa shape index (κ2) is 7.29. The van der Waals surface area contributed by atoms with Crippen molar-refractivity contribution in [2.24, 2.45) is 11.3 Å². The molecule has 1 aromatic heterocycles. The zero-order valence-corrected chi connectivity index (χ0v) is 18.6. The maximum absolute atomic E-state index is 13.4. The molecule has 3 atom stereocenters. The Morgan fingerprint density at radius 1 is 1.28 bits per heavy atom. The number of amides is 1. The number of aryl methyl sites for hydroxylation is 1. The lowest BCUT2D eigenvalue weighted by molar-refractivity contribution is -0.139. The molecule has 0 bridgehead atoms. The lowest BCUT2D eigenvalue weighted by Crippen LogP contribution is -2.66.